The number of nitrogens with zero attached hydrogens (tertiary/aromatic N) is 2. The first-order valence-electron chi connectivity index (χ1n) is 6.12. The van der Waals surface area contributed by atoms with Gasteiger partial charge in [-0.05, 0) is 12.0 Å². The quantitative estimate of drug-likeness (QED) is 0.919. The van der Waals surface area contributed by atoms with Gasteiger partial charge >= 0.3 is 0 Å². The van der Waals surface area contributed by atoms with E-state index in [1.54, 1.807) is 0 Å². The first-order chi connectivity index (χ1) is 8.65. The summed E-state index contributed by atoms with van der Waals surface area (Å²) in [6.07, 6.45) is 3.67. The lowest BCUT2D eigenvalue weighted by Crippen LogP contribution is -2.24. The molecule has 2 aromatic rings. The molecule has 96 valence electrons. The van der Waals surface area contributed by atoms with Crippen LogP contribution in [0.25, 0.3) is 11.3 Å². The van der Waals surface area contributed by atoms with Gasteiger partial charge in [0.05, 0.1) is 18.2 Å². The second-order valence-electron chi connectivity index (χ2n) is 4.71. The molecule has 18 heavy (non-hydrogen) atoms. The van der Waals surface area contributed by atoms with E-state index >= 15 is 0 Å². The zero-order valence-electron chi connectivity index (χ0n) is 10.7. The molecule has 1 atom stereocenters. The van der Waals surface area contributed by atoms with Crippen LogP contribution in [0.2, 0.25) is 5.02 Å². The number of hydrogen-bond acceptors (Lipinski definition) is 2. The zero-order chi connectivity index (χ0) is 13.1. The Kier molecular flexibility index (Phi) is 4.04. The zero-order valence-corrected chi connectivity index (χ0v) is 11.4. The summed E-state index contributed by atoms with van der Waals surface area (Å²) in [6.45, 7) is 4.91. The third kappa shape index (κ3) is 2.42. The van der Waals surface area contributed by atoms with Gasteiger partial charge in [0.25, 0.3) is 0 Å². The number of imidazole rings is 1. The second-order valence-corrected chi connectivity index (χ2v) is 5.12. The van der Waals surface area contributed by atoms with Gasteiger partial charge in [-0.1, -0.05) is 43.6 Å². The summed E-state index contributed by atoms with van der Waals surface area (Å²) in [4.78, 5) is 4.24. The van der Waals surface area contributed by atoms with Gasteiger partial charge in [0.15, 0.2) is 0 Å². The van der Waals surface area contributed by atoms with Crippen LogP contribution in [0.3, 0.4) is 0 Å². The van der Waals surface area contributed by atoms with E-state index in [1.807, 2.05) is 36.8 Å². The molecule has 0 aliphatic heterocycles. The average molecular weight is 264 g/mol. The summed E-state index contributed by atoms with van der Waals surface area (Å²) >= 11 is 6.24. The Morgan fingerprint density at radius 2 is 2.06 bits per heavy atom. The van der Waals surface area contributed by atoms with Gasteiger partial charge in [-0.15, -0.1) is 0 Å². The van der Waals surface area contributed by atoms with Crippen LogP contribution in [0, 0.1) is 5.92 Å². The predicted octanol–water partition coefficient (Wildman–Crippen LogP) is 3.36. The summed E-state index contributed by atoms with van der Waals surface area (Å²) < 4.78 is 2.12. The topological polar surface area (TPSA) is 43.8 Å². The van der Waals surface area contributed by atoms with Crippen molar-refractivity contribution in [1.29, 1.82) is 0 Å². The van der Waals surface area contributed by atoms with Crippen LogP contribution in [0.5, 0.6) is 0 Å². The van der Waals surface area contributed by atoms with Crippen molar-refractivity contribution in [2.75, 3.05) is 6.54 Å². The second kappa shape index (κ2) is 5.55. The molecular weight excluding hydrogens is 246 g/mol. The highest BCUT2D eigenvalue weighted by molar-refractivity contribution is 6.33. The molecule has 2 N–H and O–H groups in total. The lowest BCUT2D eigenvalue weighted by molar-refractivity contribution is 0.387. The summed E-state index contributed by atoms with van der Waals surface area (Å²) in [7, 11) is 0. The fourth-order valence-electron chi connectivity index (χ4n) is 2.15. The minimum absolute atomic E-state index is 0.235. The van der Waals surface area contributed by atoms with E-state index in [2.05, 4.69) is 23.4 Å². The molecule has 1 heterocycles. The summed E-state index contributed by atoms with van der Waals surface area (Å²) in [5.41, 5.74) is 7.88. The van der Waals surface area contributed by atoms with E-state index in [0.717, 1.165) is 16.3 Å². The van der Waals surface area contributed by atoms with Gasteiger partial charge in [0.1, 0.15) is 0 Å². The van der Waals surface area contributed by atoms with Crippen molar-refractivity contribution in [2.45, 2.75) is 19.9 Å². The van der Waals surface area contributed by atoms with Crippen LogP contribution in [0.1, 0.15) is 19.9 Å². The molecule has 0 aliphatic rings. The van der Waals surface area contributed by atoms with Crippen LogP contribution >= 0.6 is 11.6 Å². The lowest BCUT2D eigenvalue weighted by atomic mass is 10.0. The summed E-state index contributed by atoms with van der Waals surface area (Å²) in [5, 5.41) is 0.735. The Morgan fingerprint density at radius 3 is 2.67 bits per heavy atom. The maximum absolute atomic E-state index is 6.24. The van der Waals surface area contributed by atoms with E-state index in [4.69, 9.17) is 17.3 Å². The number of hydrogen-bond donors (Lipinski definition) is 1. The maximum Gasteiger partial charge on any atom is 0.0954 e. The number of halogens is 1. The van der Waals surface area contributed by atoms with Crippen LogP contribution in [-0.2, 0) is 0 Å². The minimum atomic E-state index is 0.235. The first-order valence-corrected chi connectivity index (χ1v) is 6.49. The van der Waals surface area contributed by atoms with Crippen LogP contribution in [0.4, 0.5) is 0 Å². The number of nitrogens with two attached hydrogens (primary N) is 1. The minimum Gasteiger partial charge on any atom is -0.328 e. The molecule has 2 rings (SSSR count). The van der Waals surface area contributed by atoms with E-state index < -0.39 is 0 Å². The fraction of sp³-hybridized carbons (Fsp3) is 0.357. The fourth-order valence-corrected chi connectivity index (χ4v) is 2.39. The van der Waals surface area contributed by atoms with Gasteiger partial charge in [-0.25, -0.2) is 4.98 Å². The highest BCUT2D eigenvalue weighted by atomic mass is 35.5. The molecule has 0 amide bonds. The molecular formula is C14H18ClN3. The molecule has 0 bridgehead atoms. The van der Waals surface area contributed by atoms with Gasteiger partial charge in [-0.3, -0.25) is 0 Å². The van der Waals surface area contributed by atoms with E-state index in [-0.39, 0.29) is 6.04 Å². The SMILES string of the molecule is CC(C)C(CN)n1cncc1-c1ccccc1Cl. The van der Waals surface area contributed by atoms with Crippen molar-refractivity contribution < 1.29 is 0 Å². The van der Waals surface area contributed by atoms with Gasteiger partial charge in [-0.2, -0.15) is 0 Å². The highest BCUT2D eigenvalue weighted by Gasteiger charge is 2.18. The van der Waals surface area contributed by atoms with Crippen LogP contribution in [0.15, 0.2) is 36.8 Å². The first kappa shape index (κ1) is 13.1. The molecule has 3 nitrogen and oxygen atoms in total. The molecule has 0 saturated carbocycles. The normalized spacial score (nSPS) is 12.9. The van der Waals surface area contributed by atoms with Crippen molar-refractivity contribution >= 4 is 11.6 Å². The van der Waals surface area contributed by atoms with Gasteiger partial charge in [0, 0.05) is 23.2 Å². The average Bonchev–Trinajstić information content (AvgIpc) is 2.79. The monoisotopic (exact) mass is 263 g/mol. The lowest BCUT2D eigenvalue weighted by Gasteiger charge is -2.23. The van der Waals surface area contributed by atoms with Crippen molar-refractivity contribution in [3.63, 3.8) is 0 Å². The maximum atomic E-state index is 6.24. The molecule has 0 fully saturated rings. The van der Waals surface area contributed by atoms with Gasteiger partial charge < -0.3 is 10.3 Å². The summed E-state index contributed by atoms with van der Waals surface area (Å²) in [6, 6.07) is 8.03. The van der Waals surface area contributed by atoms with E-state index in [0.29, 0.717) is 12.5 Å². The Morgan fingerprint density at radius 1 is 1.33 bits per heavy atom. The predicted molar refractivity (Wildman–Crippen MR) is 75.6 cm³/mol. The molecule has 1 unspecified atom stereocenters. The van der Waals surface area contributed by atoms with Crippen LogP contribution < -0.4 is 5.73 Å². The van der Waals surface area contributed by atoms with E-state index in [9.17, 15) is 0 Å². The standard InChI is InChI=1S/C14H18ClN3/c1-10(2)13(7-16)18-9-17-8-14(18)11-5-3-4-6-12(11)15/h3-6,8-10,13H,7,16H2,1-2H3. The molecule has 1 aromatic heterocycles. The molecule has 0 radical (unpaired) electrons. The van der Waals surface area contributed by atoms with Crippen LogP contribution in [-0.4, -0.2) is 16.1 Å². The molecule has 0 aliphatic carbocycles. The Hall–Kier alpha value is -1.32. The van der Waals surface area contributed by atoms with Gasteiger partial charge in [0.2, 0.25) is 0 Å². The van der Waals surface area contributed by atoms with E-state index in [1.165, 1.54) is 0 Å². The molecule has 4 heteroatoms. The number of rotatable bonds is 4. The third-order valence-corrected chi connectivity index (χ3v) is 3.51. The van der Waals surface area contributed by atoms with Crippen molar-refractivity contribution in [3.8, 4) is 11.3 Å². The van der Waals surface area contributed by atoms with Crippen molar-refractivity contribution in [3.05, 3.63) is 41.8 Å². The third-order valence-electron chi connectivity index (χ3n) is 3.18. The molecule has 1 aromatic carbocycles. The summed E-state index contributed by atoms with van der Waals surface area (Å²) in [5.74, 6) is 0.449. The Bertz CT molecular complexity index is 519. The number of benzene rings is 1. The molecule has 0 saturated heterocycles. The smallest absolute Gasteiger partial charge is 0.0954 e. The van der Waals surface area contributed by atoms with Crippen molar-refractivity contribution in [1.82, 2.24) is 9.55 Å². The van der Waals surface area contributed by atoms with Crippen molar-refractivity contribution in [2.24, 2.45) is 11.7 Å². The number of aromatic nitrogens is 2. The molecule has 0 spiro atoms. The largest absolute Gasteiger partial charge is 0.328 e. The Balaban J connectivity index is 2.48. The Labute approximate surface area is 113 Å². The highest BCUT2D eigenvalue weighted by Crippen LogP contribution is 2.30.